The highest BCUT2D eigenvalue weighted by Gasteiger charge is 2.33. The molecule has 0 bridgehead atoms. The molecule has 1 aliphatic heterocycles. The highest BCUT2D eigenvalue weighted by Crippen LogP contribution is 2.20. The van der Waals surface area contributed by atoms with E-state index in [4.69, 9.17) is 9.63 Å². The smallest absolute Gasteiger partial charge is 0.358 e. The number of amides is 2. The van der Waals surface area contributed by atoms with Crippen molar-refractivity contribution in [3.05, 3.63) is 29.9 Å². The Kier molecular flexibility index (Phi) is 3.26. The van der Waals surface area contributed by atoms with Crippen LogP contribution in [0.15, 0.2) is 23.0 Å². The van der Waals surface area contributed by atoms with E-state index in [9.17, 15) is 9.59 Å². The molecule has 1 fully saturated rings. The topological polar surface area (TPSA) is 126 Å². The van der Waals surface area contributed by atoms with Gasteiger partial charge in [-0.05, 0) is 0 Å². The maximum atomic E-state index is 11.8. The van der Waals surface area contributed by atoms with Gasteiger partial charge in [-0.25, -0.2) is 14.3 Å². The number of carboxylic acid groups (broad SMARTS) is 1. The fourth-order valence-electron chi connectivity index (χ4n) is 1.95. The SMILES string of the molecule is O=C(O)c1cn(C2CN(C(=O)NCc3ccno3)C2)nn1. The minimum absolute atomic E-state index is 0.0540. The van der Waals surface area contributed by atoms with Gasteiger partial charge in [0.2, 0.25) is 0 Å². The fourth-order valence-corrected chi connectivity index (χ4v) is 1.95. The molecule has 2 aromatic heterocycles. The lowest BCUT2D eigenvalue weighted by Gasteiger charge is -2.38. The predicted octanol–water partition coefficient (Wildman–Crippen LogP) is -0.269. The number of carboxylic acids is 1. The van der Waals surface area contributed by atoms with E-state index >= 15 is 0 Å². The Morgan fingerprint density at radius 3 is 2.90 bits per heavy atom. The summed E-state index contributed by atoms with van der Waals surface area (Å²) >= 11 is 0. The summed E-state index contributed by atoms with van der Waals surface area (Å²) in [5.41, 5.74) is -0.108. The lowest BCUT2D eigenvalue weighted by Crippen LogP contribution is -2.54. The van der Waals surface area contributed by atoms with E-state index < -0.39 is 5.97 Å². The highest BCUT2D eigenvalue weighted by atomic mass is 16.5. The second-order valence-electron chi connectivity index (χ2n) is 4.59. The Hall–Kier alpha value is -2.91. The van der Waals surface area contributed by atoms with Gasteiger partial charge in [0.05, 0.1) is 25.0 Å². The number of urea groups is 1. The van der Waals surface area contributed by atoms with E-state index in [1.54, 1.807) is 11.0 Å². The molecular weight excluding hydrogens is 280 g/mol. The number of carbonyl (C=O) groups excluding carboxylic acids is 1. The second-order valence-corrected chi connectivity index (χ2v) is 4.59. The van der Waals surface area contributed by atoms with Gasteiger partial charge in [0, 0.05) is 19.2 Å². The van der Waals surface area contributed by atoms with Crippen molar-refractivity contribution >= 4 is 12.0 Å². The Bertz CT molecular complexity index is 645. The zero-order chi connectivity index (χ0) is 14.8. The van der Waals surface area contributed by atoms with Crippen LogP contribution in [0.25, 0.3) is 0 Å². The minimum atomic E-state index is -1.12. The molecule has 0 saturated carbocycles. The third kappa shape index (κ3) is 2.68. The Morgan fingerprint density at radius 1 is 1.48 bits per heavy atom. The molecule has 1 saturated heterocycles. The molecule has 10 nitrogen and oxygen atoms in total. The van der Waals surface area contributed by atoms with Crippen molar-refractivity contribution in [2.75, 3.05) is 13.1 Å². The van der Waals surface area contributed by atoms with Crippen LogP contribution in [0.4, 0.5) is 4.79 Å². The molecule has 0 unspecified atom stereocenters. The Morgan fingerprint density at radius 2 is 2.29 bits per heavy atom. The number of aromatic nitrogens is 4. The van der Waals surface area contributed by atoms with Gasteiger partial charge in [0.1, 0.15) is 0 Å². The van der Waals surface area contributed by atoms with Gasteiger partial charge in [-0.15, -0.1) is 5.10 Å². The monoisotopic (exact) mass is 292 g/mol. The van der Waals surface area contributed by atoms with Crippen molar-refractivity contribution in [1.29, 1.82) is 0 Å². The Balaban J connectivity index is 1.48. The van der Waals surface area contributed by atoms with Gasteiger partial charge < -0.3 is 19.8 Å². The summed E-state index contributed by atoms with van der Waals surface area (Å²) in [4.78, 5) is 24.1. The maximum Gasteiger partial charge on any atom is 0.358 e. The van der Waals surface area contributed by atoms with E-state index in [0.29, 0.717) is 18.8 Å². The van der Waals surface area contributed by atoms with Gasteiger partial charge in [0.15, 0.2) is 11.5 Å². The number of aromatic carboxylic acids is 1. The average Bonchev–Trinajstić information content (AvgIpc) is 3.06. The zero-order valence-corrected chi connectivity index (χ0v) is 10.8. The lowest BCUT2D eigenvalue weighted by atomic mass is 10.1. The van der Waals surface area contributed by atoms with Crippen LogP contribution in [0.3, 0.4) is 0 Å². The number of hydrogen-bond donors (Lipinski definition) is 2. The van der Waals surface area contributed by atoms with Gasteiger partial charge >= 0.3 is 12.0 Å². The molecule has 2 aromatic rings. The highest BCUT2D eigenvalue weighted by molar-refractivity contribution is 5.84. The van der Waals surface area contributed by atoms with Crippen molar-refractivity contribution in [3.8, 4) is 0 Å². The van der Waals surface area contributed by atoms with Crippen LogP contribution in [0, 0.1) is 0 Å². The molecule has 0 aromatic carbocycles. The number of likely N-dealkylation sites (tertiary alicyclic amines) is 1. The molecular formula is C11H12N6O4. The molecule has 1 aliphatic rings. The number of nitrogens with zero attached hydrogens (tertiary/aromatic N) is 5. The molecule has 0 spiro atoms. The molecule has 3 rings (SSSR count). The van der Waals surface area contributed by atoms with Crippen molar-refractivity contribution in [2.45, 2.75) is 12.6 Å². The molecule has 21 heavy (non-hydrogen) atoms. The van der Waals surface area contributed by atoms with Crippen LogP contribution in [0.5, 0.6) is 0 Å². The van der Waals surface area contributed by atoms with E-state index in [2.05, 4.69) is 20.8 Å². The van der Waals surface area contributed by atoms with Gasteiger partial charge in [-0.2, -0.15) is 0 Å². The van der Waals surface area contributed by atoms with Crippen LogP contribution >= 0.6 is 0 Å². The molecule has 2 N–H and O–H groups in total. The van der Waals surface area contributed by atoms with Gasteiger partial charge in [0.25, 0.3) is 0 Å². The van der Waals surface area contributed by atoms with Crippen LogP contribution in [-0.4, -0.2) is 55.2 Å². The van der Waals surface area contributed by atoms with E-state index in [1.165, 1.54) is 17.1 Å². The van der Waals surface area contributed by atoms with Crippen molar-refractivity contribution in [3.63, 3.8) is 0 Å². The van der Waals surface area contributed by atoms with Crippen LogP contribution < -0.4 is 5.32 Å². The molecule has 0 radical (unpaired) electrons. The summed E-state index contributed by atoms with van der Waals surface area (Å²) in [6.45, 7) is 1.17. The van der Waals surface area contributed by atoms with Crippen molar-refractivity contribution in [2.24, 2.45) is 0 Å². The van der Waals surface area contributed by atoms with Crippen molar-refractivity contribution < 1.29 is 19.2 Å². The Labute approximate surface area is 118 Å². The third-order valence-corrected chi connectivity index (χ3v) is 3.16. The first kappa shape index (κ1) is 13.1. The number of rotatable bonds is 4. The predicted molar refractivity (Wildman–Crippen MR) is 66.3 cm³/mol. The number of hydrogen-bond acceptors (Lipinski definition) is 6. The summed E-state index contributed by atoms with van der Waals surface area (Å²) < 4.78 is 6.33. The lowest BCUT2D eigenvalue weighted by molar-refractivity contribution is 0.0690. The molecule has 3 heterocycles. The summed E-state index contributed by atoms with van der Waals surface area (Å²) in [6.07, 6.45) is 2.86. The quantitative estimate of drug-likeness (QED) is 0.794. The van der Waals surface area contributed by atoms with E-state index in [0.717, 1.165) is 0 Å². The third-order valence-electron chi connectivity index (χ3n) is 3.16. The molecule has 10 heteroatoms. The zero-order valence-electron chi connectivity index (χ0n) is 10.8. The summed E-state index contributed by atoms with van der Waals surface area (Å²) in [7, 11) is 0. The normalized spacial score (nSPS) is 14.8. The summed E-state index contributed by atoms with van der Waals surface area (Å²) in [5, 5.41) is 22.3. The van der Waals surface area contributed by atoms with Gasteiger partial charge in [-0.1, -0.05) is 10.4 Å². The molecule has 0 aliphatic carbocycles. The fraction of sp³-hybridized carbons (Fsp3) is 0.364. The largest absolute Gasteiger partial charge is 0.476 e. The van der Waals surface area contributed by atoms with Gasteiger partial charge in [-0.3, -0.25) is 0 Å². The first-order valence-electron chi connectivity index (χ1n) is 6.21. The summed E-state index contributed by atoms with van der Waals surface area (Å²) in [5.74, 6) is -0.551. The molecule has 0 atom stereocenters. The number of carbonyl (C=O) groups is 2. The first-order valence-corrected chi connectivity index (χ1v) is 6.21. The molecule has 2 amide bonds. The standard InChI is InChI=1S/C11H12N6O4/c18-10(19)9-6-17(15-14-9)7-4-16(5-7)11(20)12-3-8-1-2-13-21-8/h1-2,6-7H,3-5H2,(H,12,20)(H,18,19). The van der Waals surface area contributed by atoms with Crippen molar-refractivity contribution in [1.82, 2.24) is 30.4 Å². The van der Waals surface area contributed by atoms with E-state index in [1.807, 2.05) is 0 Å². The second kappa shape index (κ2) is 5.23. The summed E-state index contributed by atoms with van der Waals surface area (Å²) in [6, 6.07) is 1.39. The van der Waals surface area contributed by atoms with Crippen LogP contribution in [0.2, 0.25) is 0 Å². The molecule has 110 valence electrons. The number of nitrogens with one attached hydrogen (secondary N) is 1. The van der Waals surface area contributed by atoms with Crippen LogP contribution in [0.1, 0.15) is 22.3 Å². The van der Waals surface area contributed by atoms with Crippen LogP contribution in [-0.2, 0) is 6.54 Å². The minimum Gasteiger partial charge on any atom is -0.476 e. The van der Waals surface area contributed by atoms with E-state index in [-0.39, 0.29) is 24.3 Å². The average molecular weight is 292 g/mol. The maximum absolute atomic E-state index is 11.8. The first-order chi connectivity index (χ1) is 10.1.